The minimum Gasteiger partial charge on any atom is -0.322 e. The molecule has 0 aliphatic carbocycles. The lowest BCUT2D eigenvalue weighted by molar-refractivity contribution is 0.101. The largest absolute Gasteiger partial charge is 0.322 e. The molecule has 3 rings (SSSR count). The Kier molecular flexibility index (Phi) is 6.01. The van der Waals surface area contributed by atoms with E-state index in [1.807, 2.05) is 0 Å². The fourth-order valence-electron chi connectivity index (χ4n) is 2.34. The molecule has 2 N–H and O–H groups in total. The van der Waals surface area contributed by atoms with Crippen molar-refractivity contribution in [3.63, 3.8) is 0 Å². The molecular formula is C20H13Cl3N2O2. The van der Waals surface area contributed by atoms with Crippen molar-refractivity contribution in [2.75, 3.05) is 10.6 Å². The molecule has 4 nitrogen and oxygen atoms in total. The van der Waals surface area contributed by atoms with E-state index >= 15 is 0 Å². The molecule has 3 aromatic rings. The number of hydrogen-bond donors (Lipinski definition) is 2. The van der Waals surface area contributed by atoms with E-state index < -0.39 is 0 Å². The van der Waals surface area contributed by atoms with Gasteiger partial charge in [-0.2, -0.15) is 0 Å². The molecular weight excluding hydrogens is 407 g/mol. The molecule has 0 bridgehead atoms. The van der Waals surface area contributed by atoms with Gasteiger partial charge in [0.05, 0.1) is 10.6 Å². The van der Waals surface area contributed by atoms with Crippen LogP contribution in [0.3, 0.4) is 0 Å². The average Bonchev–Trinajstić information content (AvgIpc) is 2.63. The van der Waals surface area contributed by atoms with E-state index in [1.165, 1.54) is 6.07 Å². The minimum atomic E-state index is -0.354. The molecule has 3 aromatic carbocycles. The van der Waals surface area contributed by atoms with Gasteiger partial charge in [-0.3, -0.25) is 9.59 Å². The Labute approximate surface area is 171 Å². The van der Waals surface area contributed by atoms with E-state index in [-0.39, 0.29) is 16.8 Å². The number of carbonyl (C=O) groups is 2. The Morgan fingerprint density at radius 3 is 1.85 bits per heavy atom. The van der Waals surface area contributed by atoms with Crippen LogP contribution in [0.2, 0.25) is 15.1 Å². The van der Waals surface area contributed by atoms with Gasteiger partial charge in [-0.1, -0.05) is 40.9 Å². The molecule has 0 heterocycles. The van der Waals surface area contributed by atoms with Crippen molar-refractivity contribution in [3.8, 4) is 0 Å². The number of anilines is 2. The molecule has 2 amide bonds. The molecule has 0 saturated heterocycles. The normalized spacial score (nSPS) is 10.3. The van der Waals surface area contributed by atoms with Crippen LogP contribution in [0.15, 0.2) is 66.7 Å². The van der Waals surface area contributed by atoms with E-state index in [0.29, 0.717) is 32.5 Å². The summed E-state index contributed by atoms with van der Waals surface area (Å²) in [6.07, 6.45) is 0. The van der Waals surface area contributed by atoms with E-state index in [1.54, 1.807) is 60.7 Å². The first-order valence-electron chi connectivity index (χ1n) is 7.86. The Balaban J connectivity index is 1.66. The number of rotatable bonds is 4. The zero-order chi connectivity index (χ0) is 19.4. The van der Waals surface area contributed by atoms with Crippen LogP contribution < -0.4 is 10.6 Å². The van der Waals surface area contributed by atoms with Crippen LogP contribution in [0.5, 0.6) is 0 Å². The SMILES string of the molecule is O=C(Nc1ccc(NC(=O)c2ccc(Cl)cc2Cl)cc1)c1cccc(Cl)c1. The van der Waals surface area contributed by atoms with Gasteiger partial charge in [0, 0.05) is 27.0 Å². The molecule has 136 valence electrons. The van der Waals surface area contributed by atoms with Gasteiger partial charge < -0.3 is 10.6 Å². The van der Waals surface area contributed by atoms with Gasteiger partial charge >= 0.3 is 0 Å². The summed E-state index contributed by atoms with van der Waals surface area (Å²) in [5.74, 6) is -0.630. The van der Waals surface area contributed by atoms with E-state index in [4.69, 9.17) is 34.8 Å². The van der Waals surface area contributed by atoms with Gasteiger partial charge in [0.25, 0.3) is 11.8 Å². The van der Waals surface area contributed by atoms with Crippen molar-refractivity contribution < 1.29 is 9.59 Å². The molecule has 0 saturated carbocycles. The third-order valence-electron chi connectivity index (χ3n) is 3.66. The number of hydrogen-bond acceptors (Lipinski definition) is 2. The first kappa shape index (κ1) is 19.2. The summed E-state index contributed by atoms with van der Waals surface area (Å²) in [5.41, 5.74) is 1.92. The summed E-state index contributed by atoms with van der Waals surface area (Å²) in [6, 6.07) is 18.0. The van der Waals surface area contributed by atoms with Crippen molar-refractivity contribution in [2.45, 2.75) is 0 Å². The van der Waals surface area contributed by atoms with E-state index in [9.17, 15) is 9.59 Å². The lowest BCUT2D eigenvalue weighted by Crippen LogP contribution is -2.13. The standard InChI is InChI=1S/C20H13Cl3N2O2/c21-13-3-1-2-12(10-13)19(26)24-15-5-7-16(8-6-15)25-20(27)17-9-4-14(22)11-18(17)23/h1-11H,(H,24,26)(H,25,27). The van der Waals surface area contributed by atoms with Gasteiger partial charge in [0.15, 0.2) is 0 Å². The molecule has 7 heteroatoms. The van der Waals surface area contributed by atoms with Crippen LogP contribution in [-0.2, 0) is 0 Å². The first-order valence-corrected chi connectivity index (χ1v) is 8.99. The molecule has 0 aliphatic heterocycles. The number of halogens is 3. The maximum Gasteiger partial charge on any atom is 0.257 e. The van der Waals surface area contributed by atoms with Crippen LogP contribution in [0.4, 0.5) is 11.4 Å². The molecule has 0 unspecified atom stereocenters. The molecule has 27 heavy (non-hydrogen) atoms. The predicted octanol–water partition coefficient (Wildman–Crippen LogP) is 6.15. The fourth-order valence-corrected chi connectivity index (χ4v) is 3.03. The third-order valence-corrected chi connectivity index (χ3v) is 4.45. The Hall–Kier alpha value is -2.53. The monoisotopic (exact) mass is 418 g/mol. The van der Waals surface area contributed by atoms with E-state index in [2.05, 4.69) is 10.6 Å². The van der Waals surface area contributed by atoms with Crippen LogP contribution in [0.25, 0.3) is 0 Å². The van der Waals surface area contributed by atoms with Crippen molar-refractivity contribution in [1.29, 1.82) is 0 Å². The summed E-state index contributed by atoms with van der Waals surface area (Å²) >= 11 is 17.8. The maximum atomic E-state index is 12.3. The third kappa shape index (κ3) is 5.01. The topological polar surface area (TPSA) is 58.2 Å². The highest BCUT2D eigenvalue weighted by molar-refractivity contribution is 6.37. The van der Waals surface area contributed by atoms with Crippen LogP contribution in [0.1, 0.15) is 20.7 Å². The number of nitrogens with one attached hydrogen (secondary N) is 2. The second-order valence-corrected chi connectivity index (χ2v) is 6.90. The molecule has 0 aromatic heterocycles. The highest BCUT2D eigenvalue weighted by Gasteiger charge is 2.11. The predicted molar refractivity (Wildman–Crippen MR) is 110 cm³/mol. The van der Waals surface area contributed by atoms with Gasteiger partial charge in [0.1, 0.15) is 0 Å². The van der Waals surface area contributed by atoms with Gasteiger partial charge in [0.2, 0.25) is 0 Å². The molecule has 0 fully saturated rings. The number of benzene rings is 3. The smallest absolute Gasteiger partial charge is 0.257 e. The fraction of sp³-hybridized carbons (Fsp3) is 0. The Morgan fingerprint density at radius 1 is 0.667 bits per heavy atom. The van der Waals surface area contributed by atoms with Crippen molar-refractivity contribution in [3.05, 3.63) is 92.9 Å². The van der Waals surface area contributed by atoms with Crippen molar-refractivity contribution in [2.24, 2.45) is 0 Å². The molecule has 0 radical (unpaired) electrons. The molecule has 0 atom stereocenters. The second kappa shape index (κ2) is 8.44. The number of carbonyl (C=O) groups excluding carboxylic acids is 2. The summed E-state index contributed by atoms with van der Waals surface area (Å²) in [6.45, 7) is 0. The highest BCUT2D eigenvalue weighted by Crippen LogP contribution is 2.23. The molecule has 0 aliphatic rings. The highest BCUT2D eigenvalue weighted by atomic mass is 35.5. The lowest BCUT2D eigenvalue weighted by Gasteiger charge is -2.09. The van der Waals surface area contributed by atoms with Crippen molar-refractivity contribution >= 4 is 58.0 Å². The van der Waals surface area contributed by atoms with Crippen LogP contribution in [0, 0.1) is 0 Å². The van der Waals surface area contributed by atoms with Crippen LogP contribution >= 0.6 is 34.8 Å². The maximum absolute atomic E-state index is 12.3. The quantitative estimate of drug-likeness (QED) is 0.533. The first-order chi connectivity index (χ1) is 12.9. The Morgan fingerprint density at radius 2 is 1.26 bits per heavy atom. The van der Waals surface area contributed by atoms with Crippen molar-refractivity contribution in [1.82, 2.24) is 0 Å². The summed E-state index contributed by atoms with van der Waals surface area (Å²) in [5, 5.41) is 6.72. The average molecular weight is 420 g/mol. The van der Waals surface area contributed by atoms with E-state index in [0.717, 1.165) is 0 Å². The minimum absolute atomic E-state index is 0.269. The zero-order valence-corrected chi connectivity index (χ0v) is 16.1. The summed E-state index contributed by atoms with van der Waals surface area (Å²) in [7, 11) is 0. The Bertz CT molecular complexity index is 1000. The molecule has 0 spiro atoms. The summed E-state index contributed by atoms with van der Waals surface area (Å²) in [4.78, 5) is 24.5. The zero-order valence-electron chi connectivity index (χ0n) is 13.8. The van der Waals surface area contributed by atoms with Gasteiger partial charge in [-0.05, 0) is 60.7 Å². The van der Waals surface area contributed by atoms with Gasteiger partial charge in [-0.15, -0.1) is 0 Å². The van der Waals surface area contributed by atoms with Gasteiger partial charge in [-0.25, -0.2) is 0 Å². The lowest BCUT2D eigenvalue weighted by atomic mass is 10.2. The van der Waals surface area contributed by atoms with Crippen LogP contribution in [-0.4, -0.2) is 11.8 Å². The summed E-state index contributed by atoms with van der Waals surface area (Å²) < 4.78 is 0. The second-order valence-electron chi connectivity index (χ2n) is 5.62. The number of amides is 2.